The smallest absolute Gasteiger partial charge is 0.140 e. The van der Waals surface area contributed by atoms with Crippen LogP contribution in [0.5, 0.6) is 0 Å². The molecule has 0 spiro atoms. The van der Waals surface area contributed by atoms with Crippen LogP contribution in [0.15, 0.2) is 35.5 Å². The third-order valence-electron chi connectivity index (χ3n) is 1.85. The number of ketones is 1. The van der Waals surface area contributed by atoms with Crippen LogP contribution < -0.4 is 0 Å². The van der Waals surface area contributed by atoms with Crippen molar-refractivity contribution in [2.75, 3.05) is 5.75 Å². The summed E-state index contributed by atoms with van der Waals surface area (Å²) < 4.78 is 0. The quantitative estimate of drug-likeness (QED) is 0.741. The Morgan fingerprint density at radius 1 is 1.33 bits per heavy atom. The molecule has 15 heavy (non-hydrogen) atoms. The van der Waals surface area contributed by atoms with Crippen LogP contribution >= 0.6 is 11.8 Å². The van der Waals surface area contributed by atoms with Crippen molar-refractivity contribution >= 4 is 28.6 Å². The number of hydrogen-bond acceptors (Lipinski definition) is 4. The van der Waals surface area contributed by atoms with Crippen molar-refractivity contribution in [3.8, 4) is 0 Å². The predicted molar refractivity (Wildman–Crippen MR) is 60.9 cm³/mol. The van der Waals surface area contributed by atoms with Crippen LogP contribution in [0, 0.1) is 0 Å². The number of hydrogen-bond donors (Lipinski definition) is 0. The van der Waals surface area contributed by atoms with E-state index in [2.05, 4.69) is 9.97 Å². The summed E-state index contributed by atoms with van der Waals surface area (Å²) in [5.41, 5.74) is 1.75. The lowest BCUT2D eigenvalue weighted by Gasteiger charge is -1.99. The van der Waals surface area contributed by atoms with Gasteiger partial charge in [0.2, 0.25) is 0 Å². The summed E-state index contributed by atoms with van der Waals surface area (Å²) in [5, 5.41) is 0.795. The highest BCUT2D eigenvalue weighted by molar-refractivity contribution is 7.99. The van der Waals surface area contributed by atoms with Crippen LogP contribution in [0.1, 0.15) is 6.92 Å². The van der Waals surface area contributed by atoms with Crippen molar-refractivity contribution in [3.05, 3.63) is 30.5 Å². The molecule has 0 saturated carbocycles. The number of fused-ring (bicyclic) bond motifs is 1. The summed E-state index contributed by atoms with van der Waals surface area (Å²) >= 11 is 1.42. The lowest BCUT2D eigenvalue weighted by molar-refractivity contribution is -0.114. The molecule has 2 aromatic rings. The Balaban J connectivity index is 2.26. The maximum atomic E-state index is 10.8. The molecule has 76 valence electrons. The molecule has 1 aromatic carbocycles. The molecular formula is C11H10N2OS. The molecule has 0 atom stereocenters. The zero-order valence-electron chi connectivity index (χ0n) is 8.30. The van der Waals surface area contributed by atoms with Crippen molar-refractivity contribution < 1.29 is 4.79 Å². The molecule has 3 nitrogen and oxygen atoms in total. The molecule has 0 bridgehead atoms. The fourth-order valence-electron chi connectivity index (χ4n) is 1.19. The summed E-state index contributed by atoms with van der Waals surface area (Å²) in [4.78, 5) is 19.5. The van der Waals surface area contributed by atoms with Crippen molar-refractivity contribution in [1.29, 1.82) is 0 Å². The third-order valence-corrected chi connectivity index (χ3v) is 2.89. The highest BCUT2D eigenvalue weighted by atomic mass is 32.2. The fraction of sp³-hybridized carbons (Fsp3) is 0.182. The summed E-state index contributed by atoms with van der Waals surface area (Å²) in [6, 6.07) is 7.69. The minimum atomic E-state index is 0.148. The van der Waals surface area contributed by atoms with Crippen LogP contribution in [0.3, 0.4) is 0 Å². The van der Waals surface area contributed by atoms with E-state index in [0.717, 1.165) is 16.1 Å². The number of rotatable bonds is 3. The van der Waals surface area contributed by atoms with Gasteiger partial charge in [0.15, 0.2) is 0 Å². The molecule has 0 N–H and O–H groups in total. The lowest BCUT2D eigenvalue weighted by atomic mass is 10.3. The molecule has 0 aliphatic heterocycles. The molecule has 0 aliphatic rings. The highest BCUT2D eigenvalue weighted by Crippen LogP contribution is 2.17. The number of para-hydroxylation sites is 2. The summed E-state index contributed by atoms with van der Waals surface area (Å²) in [5.74, 6) is 0.600. The number of nitrogens with zero attached hydrogens (tertiary/aromatic N) is 2. The van der Waals surface area contributed by atoms with Gasteiger partial charge in [-0.05, 0) is 19.1 Å². The van der Waals surface area contributed by atoms with Crippen molar-refractivity contribution in [3.63, 3.8) is 0 Å². The monoisotopic (exact) mass is 218 g/mol. The molecule has 1 aromatic heterocycles. The zero-order valence-corrected chi connectivity index (χ0v) is 9.12. The largest absolute Gasteiger partial charge is 0.299 e. The Morgan fingerprint density at radius 2 is 2.07 bits per heavy atom. The average Bonchev–Trinajstić information content (AvgIpc) is 2.26. The Morgan fingerprint density at radius 3 is 2.80 bits per heavy atom. The lowest BCUT2D eigenvalue weighted by Crippen LogP contribution is -1.94. The fourth-order valence-corrected chi connectivity index (χ4v) is 1.83. The van der Waals surface area contributed by atoms with Gasteiger partial charge in [0.05, 0.1) is 23.0 Å². The minimum Gasteiger partial charge on any atom is -0.299 e. The Bertz CT molecular complexity index is 499. The number of carbonyl (C=O) groups is 1. The van der Waals surface area contributed by atoms with E-state index in [-0.39, 0.29) is 5.78 Å². The first-order valence-corrected chi connectivity index (χ1v) is 5.58. The average molecular weight is 218 g/mol. The number of benzene rings is 1. The summed E-state index contributed by atoms with van der Waals surface area (Å²) in [7, 11) is 0. The van der Waals surface area contributed by atoms with Crippen molar-refractivity contribution in [2.24, 2.45) is 0 Å². The molecule has 0 unspecified atom stereocenters. The van der Waals surface area contributed by atoms with Gasteiger partial charge in [-0.3, -0.25) is 9.78 Å². The molecule has 4 heteroatoms. The van der Waals surface area contributed by atoms with Crippen LogP contribution in [-0.2, 0) is 4.79 Å². The first kappa shape index (κ1) is 10.1. The first-order chi connectivity index (χ1) is 7.25. The van der Waals surface area contributed by atoms with Gasteiger partial charge in [-0.15, -0.1) is 0 Å². The second-order valence-corrected chi connectivity index (χ2v) is 4.18. The molecule has 0 amide bonds. The molecule has 0 aliphatic carbocycles. The molecule has 0 fully saturated rings. The molecule has 2 rings (SSSR count). The third kappa shape index (κ3) is 2.53. The van der Waals surface area contributed by atoms with Crippen molar-refractivity contribution in [1.82, 2.24) is 9.97 Å². The van der Waals surface area contributed by atoms with E-state index in [0.29, 0.717) is 5.75 Å². The Kier molecular flexibility index (Phi) is 2.97. The van der Waals surface area contributed by atoms with Crippen LogP contribution in [-0.4, -0.2) is 21.5 Å². The minimum absolute atomic E-state index is 0.148. The van der Waals surface area contributed by atoms with Gasteiger partial charge >= 0.3 is 0 Å². The maximum Gasteiger partial charge on any atom is 0.140 e. The van der Waals surface area contributed by atoms with E-state index >= 15 is 0 Å². The number of Topliss-reactive ketones (excluding diaryl/α,β-unsaturated/α-hetero) is 1. The number of thioether (sulfide) groups is 1. The van der Waals surface area contributed by atoms with Gasteiger partial charge < -0.3 is 0 Å². The second kappa shape index (κ2) is 4.40. The van der Waals surface area contributed by atoms with Crippen LogP contribution in [0.4, 0.5) is 0 Å². The van der Waals surface area contributed by atoms with Gasteiger partial charge in [-0.25, -0.2) is 4.98 Å². The predicted octanol–water partition coefficient (Wildman–Crippen LogP) is 2.31. The van der Waals surface area contributed by atoms with Gasteiger partial charge in [0.25, 0.3) is 0 Å². The van der Waals surface area contributed by atoms with Gasteiger partial charge in [-0.2, -0.15) is 0 Å². The normalized spacial score (nSPS) is 10.5. The Hall–Kier alpha value is -1.42. The standard InChI is InChI=1S/C11H10N2OS/c1-8(14)7-15-11-6-12-9-4-2-3-5-10(9)13-11/h2-6H,7H2,1H3. The highest BCUT2D eigenvalue weighted by Gasteiger charge is 2.01. The van der Waals surface area contributed by atoms with Gasteiger partial charge in [0, 0.05) is 0 Å². The molecular weight excluding hydrogens is 208 g/mol. The summed E-state index contributed by atoms with van der Waals surface area (Å²) in [6.07, 6.45) is 1.70. The van der Waals surface area contributed by atoms with E-state index in [1.54, 1.807) is 13.1 Å². The second-order valence-electron chi connectivity index (χ2n) is 3.19. The van der Waals surface area contributed by atoms with Crippen molar-refractivity contribution in [2.45, 2.75) is 11.9 Å². The summed E-state index contributed by atoms with van der Waals surface area (Å²) in [6.45, 7) is 1.57. The van der Waals surface area contributed by atoms with Gasteiger partial charge in [0.1, 0.15) is 10.8 Å². The topological polar surface area (TPSA) is 42.9 Å². The van der Waals surface area contributed by atoms with E-state index < -0.39 is 0 Å². The first-order valence-electron chi connectivity index (χ1n) is 4.60. The zero-order chi connectivity index (χ0) is 10.7. The molecule has 1 heterocycles. The number of aromatic nitrogens is 2. The van der Waals surface area contributed by atoms with E-state index in [9.17, 15) is 4.79 Å². The van der Waals surface area contributed by atoms with E-state index in [1.807, 2.05) is 24.3 Å². The SMILES string of the molecule is CC(=O)CSc1cnc2ccccc2n1. The Labute approximate surface area is 91.9 Å². The van der Waals surface area contributed by atoms with Gasteiger partial charge in [-0.1, -0.05) is 23.9 Å². The molecule has 0 saturated heterocycles. The maximum absolute atomic E-state index is 10.8. The molecule has 0 radical (unpaired) electrons. The van der Waals surface area contributed by atoms with Crippen LogP contribution in [0.2, 0.25) is 0 Å². The van der Waals surface area contributed by atoms with E-state index in [1.165, 1.54) is 11.8 Å². The van der Waals surface area contributed by atoms with E-state index in [4.69, 9.17) is 0 Å². The number of carbonyl (C=O) groups excluding carboxylic acids is 1. The van der Waals surface area contributed by atoms with Crippen LogP contribution in [0.25, 0.3) is 11.0 Å².